The van der Waals surface area contributed by atoms with Crippen LogP contribution in [0.15, 0.2) is 78.9 Å². The van der Waals surface area contributed by atoms with Crippen LogP contribution in [-0.4, -0.2) is 6.09 Å². The summed E-state index contributed by atoms with van der Waals surface area (Å²) in [5.41, 5.74) is 4.06. The number of carbonyl (C=O) groups is 1. The molecule has 0 saturated carbocycles. The topological polar surface area (TPSA) is 29.5 Å². The monoisotopic (exact) mass is 401 g/mol. The van der Waals surface area contributed by atoms with Crippen molar-refractivity contribution in [2.75, 3.05) is 4.90 Å². The van der Waals surface area contributed by atoms with E-state index in [1.165, 1.54) is 11.1 Å². The van der Waals surface area contributed by atoms with Crippen LogP contribution in [0.5, 0.6) is 5.75 Å². The van der Waals surface area contributed by atoms with Crippen molar-refractivity contribution in [2.45, 2.75) is 52.4 Å². The number of ether oxygens (including phenoxy) is 1. The quantitative estimate of drug-likeness (QED) is 0.452. The molecule has 0 saturated heterocycles. The number of nitrogens with zero attached hydrogens (tertiary/aromatic N) is 1. The van der Waals surface area contributed by atoms with E-state index < -0.39 is 6.09 Å². The molecule has 3 nitrogen and oxygen atoms in total. The van der Waals surface area contributed by atoms with E-state index in [0.717, 1.165) is 11.4 Å². The highest BCUT2D eigenvalue weighted by molar-refractivity contribution is 5.97. The molecule has 1 amide bonds. The smallest absolute Gasteiger partial charge is 0.410 e. The van der Waals surface area contributed by atoms with Crippen LogP contribution in [0.1, 0.15) is 52.7 Å². The highest BCUT2D eigenvalue weighted by Crippen LogP contribution is 2.32. The van der Waals surface area contributed by atoms with E-state index in [2.05, 4.69) is 65.8 Å². The van der Waals surface area contributed by atoms with Crippen molar-refractivity contribution in [3.05, 3.63) is 90.0 Å². The SMILES string of the molecule is CC(C)(C)c1ccc(N(C(=O)Oc2ccccc2)c2ccc(C(C)(C)C)cc2)cc1. The average Bonchev–Trinajstić information content (AvgIpc) is 2.68. The maximum Gasteiger partial charge on any atom is 0.424 e. The van der Waals surface area contributed by atoms with E-state index in [-0.39, 0.29) is 10.8 Å². The highest BCUT2D eigenvalue weighted by atomic mass is 16.6. The predicted molar refractivity (Wildman–Crippen MR) is 125 cm³/mol. The minimum atomic E-state index is -0.437. The molecule has 3 aromatic carbocycles. The molecule has 3 heteroatoms. The van der Waals surface area contributed by atoms with Gasteiger partial charge in [0.1, 0.15) is 5.75 Å². The third kappa shape index (κ3) is 5.10. The lowest BCUT2D eigenvalue weighted by Crippen LogP contribution is -2.29. The Morgan fingerprint density at radius 1 is 0.633 bits per heavy atom. The molecule has 156 valence electrons. The standard InChI is InChI=1S/C27H31NO2/c1-26(2,3)20-12-16-22(17-13-20)28(25(29)30-24-10-8-7-9-11-24)23-18-14-21(15-19-23)27(4,5)6/h7-19H,1-6H3. The van der Waals surface area contributed by atoms with Gasteiger partial charge in [0.15, 0.2) is 0 Å². The van der Waals surface area contributed by atoms with Crippen molar-refractivity contribution in [3.8, 4) is 5.75 Å². The van der Waals surface area contributed by atoms with Crippen LogP contribution in [0.2, 0.25) is 0 Å². The van der Waals surface area contributed by atoms with E-state index in [4.69, 9.17) is 4.74 Å². The molecule has 0 spiro atoms. The third-order valence-electron chi connectivity index (χ3n) is 5.11. The van der Waals surface area contributed by atoms with E-state index in [1.54, 1.807) is 17.0 Å². The first-order chi connectivity index (χ1) is 14.1. The van der Waals surface area contributed by atoms with Gasteiger partial charge >= 0.3 is 6.09 Å². The predicted octanol–water partition coefficient (Wildman–Crippen LogP) is 7.62. The normalized spacial score (nSPS) is 11.8. The van der Waals surface area contributed by atoms with E-state index in [0.29, 0.717) is 5.75 Å². The van der Waals surface area contributed by atoms with Gasteiger partial charge in [-0.3, -0.25) is 0 Å². The van der Waals surface area contributed by atoms with Gasteiger partial charge in [-0.05, 0) is 58.4 Å². The maximum absolute atomic E-state index is 13.2. The molecule has 0 aliphatic rings. The number of para-hydroxylation sites is 1. The fraction of sp³-hybridized carbons (Fsp3) is 0.296. The summed E-state index contributed by atoms with van der Waals surface area (Å²) in [5, 5.41) is 0. The Hall–Kier alpha value is -3.07. The first kappa shape index (κ1) is 21.6. The van der Waals surface area contributed by atoms with Gasteiger partial charge in [0.2, 0.25) is 0 Å². The lowest BCUT2D eigenvalue weighted by atomic mass is 9.87. The summed E-state index contributed by atoms with van der Waals surface area (Å²) in [4.78, 5) is 14.8. The van der Waals surface area contributed by atoms with Crippen molar-refractivity contribution in [1.29, 1.82) is 0 Å². The summed E-state index contributed by atoms with van der Waals surface area (Å²) in [5.74, 6) is 0.519. The molecule has 0 fully saturated rings. The van der Waals surface area contributed by atoms with Crippen molar-refractivity contribution in [1.82, 2.24) is 0 Å². The number of carbonyl (C=O) groups excluding carboxylic acids is 1. The Labute approximate surface area is 180 Å². The second-order valence-electron chi connectivity index (χ2n) is 9.61. The van der Waals surface area contributed by atoms with Crippen molar-refractivity contribution < 1.29 is 9.53 Å². The molecule has 0 aliphatic carbocycles. The minimum Gasteiger partial charge on any atom is -0.410 e. The van der Waals surface area contributed by atoms with Crippen molar-refractivity contribution in [3.63, 3.8) is 0 Å². The second-order valence-corrected chi connectivity index (χ2v) is 9.61. The molecule has 0 radical (unpaired) electrons. The summed E-state index contributed by atoms with van der Waals surface area (Å²) < 4.78 is 5.67. The Kier molecular flexibility index (Phi) is 6.02. The van der Waals surface area contributed by atoms with Crippen LogP contribution < -0.4 is 9.64 Å². The Morgan fingerprint density at radius 3 is 1.40 bits per heavy atom. The van der Waals surface area contributed by atoms with Gasteiger partial charge in [-0.15, -0.1) is 0 Å². The van der Waals surface area contributed by atoms with E-state index >= 15 is 0 Å². The van der Waals surface area contributed by atoms with Gasteiger partial charge < -0.3 is 4.74 Å². The van der Waals surface area contributed by atoms with Crippen LogP contribution in [0.25, 0.3) is 0 Å². The molecule has 3 aromatic rings. The van der Waals surface area contributed by atoms with E-state index in [1.807, 2.05) is 42.5 Å². The lowest BCUT2D eigenvalue weighted by molar-refractivity contribution is 0.210. The zero-order valence-electron chi connectivity index (χ0n) is 18.8. The average molecular weight is 402 g/mol. The molecule has 0 unspecified atom stereocenters. The molecule has 0 aromatic heterocycles. The molecule has 0 bridgehead atoms. The molecule has 0 atom stereocenters. The van der Waals surface area contributed by atoms with Crippen LogP contribution >= 0.6 is 0 Å². The fourth-order valence-electron chi connectivity index (χ4n) is 3.22. The van der Waals surface area contributed by atoms with Gasteiger partial charge in [-0.25, -0.2) is 9.69 Å². The zero-order chi connectivity index (χ0) is 21.9. The van der Waals surface area contributed by atoms with Crippen molar-refractivity contribution >= 4 is 17.5 Å². The lowest BCUT2D eigenvalue weighted by Gasteiger charge is -2.25. The number of hydrogen-bond donors (Lipinski definition) is 0. The number of rotatable bonds is 3. The molecular weight excluding hydrogens is 370 g/mol. The van der Waals surface area contributed by atoms with Crippen LogP contribution in [0.3, 0.4) is 0 Å². The Morgan fingerprint density at radius 2 is 1.03 bits per heavy atom. The molecule has 3 rings (SSSR count). The van der Waals surface area contributed by atoms with Gasteiger partial charge in [0.05, 0.1) is 11.4 Å². The molecule has 30 heavy (non-hydrogen) atoms. The van der Waals surface area contributed by atoms with Crippen molar-refractivity contribution in [2.24, 2.45) is 0 Å². The fourth-order valence-corrected chi connectivity index (χ4v) is 3.22. The first-order valence-corrected chi connectivity index (χ1v) is 10.3. The maximum atomic E-state index is 13.2. The van der Waals surface area contributed by atoms with E-state index in [9.17, 15) is 4.79 Å². The molecule has 0 heterocycles. The summed E-state index contributed by atoms with van der Waals surface area (Å²) in [6.07, 6.45) is -0.437. The Balaban J connectivity index is 1.99. The van der Waals surface area contributed by atoms with Crippen LogP contribution in [0, 0.1) is 0 Å². The highest BCUT2D eigenvalue weighted by Gasteiger charge is 2.23. The summed E-state index contributed by atoms with van der Waals surface area (Å²) >= 11 is 0. The molecule has 0 aliphatic heterocycles. The second kappa shape index (κ2) is 8.35. The number of hydrogen-bond acceptors (Lipinski definition) is 2. The number of amides is 1. The zero-order valence-corrected chi connectivity index (χ0v) is 18.8. The van der Waals surface area contributed by atoms with Crippen LogP contribution in [0.4, 0.5) is 16.2 Å². The summed E-state index contributed by atoms with van der Waals surface area (Å²) in [6, 6.07) is 25.3. The Bertz CT molecular complexity index is 919. The van der Waals surface area contributed by atoms with Gasteiger partial charge in [0, 0.05) is 0 Å². The van der Waals surface area contributed by atoms with Gasteiger partial charge in [0.25, 0.3) is 0 Å². The third-order valence-corrected chi connectivity index (χ3v) is 5.11. The summed E-state index contributed by atoms with van der Waals surface area (Å²) in [7, 11) is 0. The molecule has 0 N–H and O–H groups in total. The first-order valence-electron chi connectivity index (χ1n) is 10.3. The van der Waals surface area contributed by atoms with Crippen LogP contribution in [-0.2, 0) is 10.8 Å². The van der Waals surface area contributed by atoms with Gasteiger partial charge in [-0.2, -0.15) is 0 Å². The number of benzene rings is 3. The van der Waals surface area contributed by atoms with Gasteiger partial charge in [-0.1, -0.05) is 84.0 Å². The minimum absolute atomic E-state index is 0.0439. The largest absolute Gasteiger partial charge is 0.424 e. The number of anilines is 2. The molecular formula is C27H31NO2. The summed E-state index contributed by atoms with van der Waals surface area (Å²) in [6.45, 7) is 13.1.